The predicted octanol–water partition coefficient (Wildman–Crippen LogP) is 3.44. The van der Waals surface area contributed by atoms with Gasteiger partial charge < -0.3 is 15.4 Å². The van der Waals surface area contributed by atoms with Crippen molar-refractivity contribution in [3.05, 3.63) is 71.6 Å². The Kier molecular flexibility index (Phi) is 4.93. The van der Waals surface area contributed by atoms with E-state index in [0.29, 0.717) is 11.9 Å². The van der Waals surface area contributed by atoms with Crippen molar-refractivity contribution in [2.45, 2.75) is 13.0 Å². The molecule has 23 heavy (non-hydrogen) atoms. The minimum Gasteiger partial charge on any atom is -0.489 e. The van der Waals surface area contributed by atoms with Gasteiger partial charge in [-0.15, -0.1) is 0 Å². The second-order valence-electron chi connectivity index (χ2n) is 5.70. The van der Waals surface area contributed by atoms with Gasteiger partial charge in [0, 0.05) is 30.9 Å². The van der Waals surface area contributed by atoms with E-state index in [0.717, 1.165) is 25.3 Å². The highest BCUT2D eigenvalue weighted by molar-refractivity contribution is 5.50. The largest absolute Gasteiger partial charge is 0.489 e. The zero-order chi connectivity index (χ0) is 16.1. The Balaban J connectivity index is 1.69. The van der Waals surface area contributed by atoms with Crippen molar-refractivity contribution in [2.75, 3.05) is 24.6 Å². The minimum absolute atomic E-state index is 0.174. The lowest BCUT2D eigenvalue weighted by atomic mass is 9.99. The van der Waals surface area contributed by atoms with Crippen molar-refractivity contribution in [3.8, 4) is 5.75 Å². The monoisotopic (exact) mass is 312 g/mol. The third-order valence-corrected chi connectivity index (χ3v) is 4.15. The summed E-state index contributed by atoms with van der Waals surface area (Å²) >= 11 is 0. The van der Waals surface area contributed by atoms with Gasteiger partial charge in [0.25, 0.3) is 0 Å². The molecule has 0 spiro atoms. The fourth-order valence-corrected chi connectivity index (χ4v) is 2.79. The van der Waals surface area contributed by atoms with Crippen LogP contribution >= 0.6 is 0 Å². The summed E-state index contributed by atoms with van der Waals surface area (Å²) in [5.41, 5.74) is 9.75. The highest BCUT2D eigenvalue weighted by Crippen LogP contribution is 2.27. The van der Waals surface area contributed by atoms with Crippen LogP contribution in [0.2, 0.25) is 0 Å². The number of rotatable bonds is 5. The van der Waals surface area contributed by atoms with Crippen molar-refractivity contribution >= 4 is 5.69 Å². The Morgan fingerprint density at radius 2 is 2.00 bits per heavy atom. The fraction of sp³-hybridized carbons (Fsp3) is 0.263. The summed E-state index contributed by atoms with van der Waals surface area (Å²) in [6, 6.07) is 16.5. The van der Waals surface area contributed by atoms with Crippen LogP contribution in [-0.2, 0) is 13.0 Å². The molecule has 4 heteroatoms. The van der Waals surface area contributed by atoms with Gasteiger partial charge in [-0.3, -0.25) is 0 Å². The number of nitrogens with two attached hydrogens (primary N) is 1. The van der Waals surface area contributed by atoms with Gasteiger partial charge in [0.15, 0.2) is 0 Å². The minimum atomic E-state index is 0.174. The van der Waals surface area contributed by atoms with Crippen LogP contribution < -0.4 is 15.4 Å². The molecule has 2 aromatic carbocycles. The van der Waals surface area contributed by atoms with Gasteiger partial charge in [0.1, 0.15) is 12.4 Å². The Labute approximate surface area is 136 Å². The molecule has 1 heterocycles. The lowest BCUT2D eigenvalue weighted by Crippen LogP contribution is -2.30. The molecule has 1 aliphatic heterocycles. The van der Waals surface area contributed by atoms with Crippen molar-refractivity contribution in [1.29, 1.82) is 0 Å². The zero-order valence-electron chi connectivity index (χ0n) is 13.0. The highest BCUT2D eigenvalue weighted by Gasteiger charge is 2.17. The first-order valence-electron chi connectivity index (χ1n) is 7.83. The number of anilines is 1. The second-order valence-corrected chi connectivity index (χ2v) is 5.70. The number of fused-ring (bicyclic) bond motifs is 1. The van der Waals surface area contributed by atoms with E-state index in [1.165, 1.54) is 16.8 Å². The van der Waals surface area contributed by atoms with Gasteiger partial charge in [0.05, 0.1) is 6.33 Å². The quantitative estimate of drug-likeness (QED) is 0.919. The molecule has 1 aliphatic rings. The Bertz CT molecular complexity index is 685. The Morgan fingerprint density at radius 1 is 1.17 bits per heavy atom. The van der Waals surface area contributed by atoms with E-state index in [4.69, 9.17) is 10.5 Å². The Morgan fingerprint density at radius 3 is 2.74 bits per heavy atom. The molecule has 0 unspecified atom stereocenters. The highest BCUT2D eigenvalue weighted by atomic mass is 19.1. The van der Waals surface area contributed by atoms with Crippen LogP contribution in [0.25, 0.3) is 0 Å². The van der Waals surface area contributed by atoms with E-state index in [1.54, 1.807) is 0 Å². The molecule has 120 valence electrons. The number of para-hydroxylation sites is 1. The molecule has 2 N–H and O–H groups in total. The number of benzene rings is 2. The van der Waals surface area contributed by atoms with E-state index >= 15 is 0 Å². The van der Waals surface area contributed by atoms with Crippen molar-refractivity contribution in [3.63, 3.8) is 0 Å². The summed E-state index contributed by atoms with van der Waals surface area (Å²) in [7, 11) is 0. The van der Waals surface area contributed by atoms with Crippen LogP contribution in [-0.4, -0.2) is 19.7 Å². The summed E-state index contributed by atoms with van der Waals surface area (Å²) in [5, 5.41) is 0. The number of halogens is 1. The Hall–Kier alpha value is -2.33. The van der Waals surface area contributed by atoms with Crippen molar-refractivity contribution in [2.24, 2.45) is 5.73 Å². The lowest BCUT2D eigenvalue weighted by molar-refractivity contribution is 0.347. The van der Waals surface area contributed by atoms with Gasteiger partial charge in [-0.1, -0.05) is 24.3 Å². The average Bonchev–Trinajstić information content (AvgIpc) is 2.63. The maximum atomic E-state index is 12.5. The summed E-state index contributed by atoms with van der Waals surface area (Å²) in [4.78, 5) is 2.38. The number of ether oxygens (including phenoxy) is 1. The van der Waals surface area contributed by atoms with E-state index in [1.807, 2.05) is 12.1 Å². The summed E-state index contributed by atoms with van der Waals surface area (Å²) in [5.74, 6) is 0.768. The van der Waals surface area contributed by atoms with Crippen molar-refractivity contribution in [1.82, 2.24) is 0 Å². The standard InChI is InChI=1S/C19H21FN2O/c20-11-15(12-21)14-23-19-7-6-17-13-22(9-8-16(17)10-19)18-4-2-1-3-5-18/h1-7,10-11H,8-9,12-14,21H2/b15-11-. The van der Waals surface area contributed by atoms with Gasteiger partial charge in [-0.05, 0) is 41.8 Å². The lowest BCUT2D eigenvalue weighted by Gasteiger charge is -2.31. The van der Waals surface area contributed by atoms with Crippen LogP contribution in [0.3, 0.4) is 0 Å². The van der Waals surface area contributed by atoms with Gasteiger partial charge >= 0.3 is 0 Å². The maximum Gasteiger partial charge on any atom is 0.120 e. The van der Waals surface area contributed by atoms with Crippen LogP contribution in [0.15, 0.2) is 60.4 Å². The van der Waals surface area contributed by atoms with Gasteiger partial charge in [-0.25, -0.2) is 4.39 Å². The third-order valence-electron chi connectivity index (χ3n) is 4.15. The summed E-state index contributed by atoms with van der Waals surface area (Å²) < 4.78 is 18.1. The normalized spacial score (nSPS) is 14.5. The molecule has 0 aliphatic carbocycles. The molecule has 0 aromatic heterocycles. The summed E-state index contributed by atoms with van der Waals surface area (Å²) in [6.07, 6.45) is 1.50. The summed E-state index contributed by atoms with van der Waals surface area (Å²) in [6.45, 7) is 2.26. The average molecular weight is 312 g/mol. The van der Waals surface area contributed by atoms with E-state index in [2.05, 4.69) is 41.3 Å². The van der Waals surface area contributed by atoms with Crippen LogP contribution in [0.5, 0.6) is 5.75 Å². The second kappa shape index (κ2) is 7.29. The molecular weight excluding hydrogens is 291 g/mol. The van der Waals surface area contributed by atoms with Crippen LogP contribution in [0, 0.1) is 0 Å². The molecule has 3 nitrogen and oxygen atoms in total. The molecule has 0 saturated heterocycles. The molecule has 0 fully saturated rings. The smallest absolute Gasteiger partial charge is 0.120 e. The molecule has 0 amide bonds. The number of nitrogens with zero attached hydrogens (tertiary/aromatic N) is 1. The third kappa shape index (κ3) is 3.71. The predicted molar refractivity (Wildman–Crippen MR) is 91.4 cm³/mol. The molecule has 0 atom stereocenters. The number of hydrogen-bond acceptors (Lipinski definition) is 3. The first-order chi connectivity index (χ1) is 11.3. The van der Waals surface area contributed by atoms with Gasteiger partial charge in [0.2, 0.25) is 0 Å². The number of hydrogen-bond donors (Lipinski definition) is 1. The first-order valence-corrected chi connectivity index (χ1v) is 7.83. The van der Waals surface area contributed by atoms with Crippen molar-refractivity contribution < 1.29 is 9.13 Å². The van der Waals surface area contributed by atoms with E-state index in [9.17, 15) is 4.39 Å². The molecular formula is C19H21FN2O. The zero-order valence-corrected chi connectivity index (χ0v) is 13.0. The molecule has 3 rings (SSSR count). The molecule has 0 radical (unpaired) electrons. The van der Waals surface area contributed by atoms with Crippen LogP contribution in [0.4, 0.5) is 10.1 Å². The van der Waals surface area contributed by atoms with Crippen LogP contribution in [0.1, 0.15) is 11.1 Å². The van der Waals surface area contributed by atoms with E-state index < -0.39 is 0 Å². The van der Waals surface area contributed by atoms with Gasteiger partial charge in [-0.2, -0.15) is 0 Å². The van der Waals surface area contributed by atoms with E-state index in [-0.39, 0.29) is 13.2 Å². The SMILES string of the molecule is NC/C(=C/F)COc1ccc2c(c1)CCN(c1ccccc1)C2. The topological polar surface area (TPSA) is 38.5 Å². The molecule has 0 bridgehead atoms. The fourth-order valence-electron chi connectivity index (χ4n) is 2.79. The molecule has 2 aromatic rings. The maximum absolute atomic E-state index is 12.5. The first kappa shape index (κ1) is 15.6. The molecule has 0 saturated carbocycles.